The van der Waals surface area contributed by atoms with Crippen LogP contribution in [0.5, 0.6) is 0 Å². The molecule has 1 nitrogen and oxygen atoms in total. The van der Waals surface area contributed by atoms with Crippen LogP contribution < -0.4 is 0 Å². The Bertz CT molecular complexity index is 481. The van der Waals surface area contributed by atoms with Crippen molar-refractivity contribution in [1.82, 2.24) is 0 Å². The van der Waals surface area contributed by atoms with Crippen LogP contribution in [-0.4, -0.2) is 6.29 Å². The number of carbonyl (C=O) groups is 1. The van der Waals surface area contributed by atoms with E-state index in [1.54, 1.807) is 11.8 Å². The first-order valence-electron chi connectivity index (χ1n) is 5.09. The predicted molar refractivity (Wildman–Crippen MR) is 69.9 cm³/mol. The van der Waals surface area contributed by atoms with Gasteiger partial charge in [-0.3, -0.25) is 4.79 Å². The Labute approximate surface area is 99.6 Å². The van der Waals surface area contributed by atoms with E-state index in [0.29, 0.717) is 0 Å². The predicted octanol–water partition coefficient (Wildman–Crippen LogP) is 3.80. The Balaban J connectivity index is 2.31. The van der Waals surface area contributed by atoms with Gasteiger partial charge in [-0.05, 0) is 24.6 Å². The smallest absolute Gasteiger partial charge is 0.146 e. The molecule has 1 aromatic carbocycles. The zero-order valence-electron chi connectivity index (χ0n) is 9.01. The highest BCUT2D eigenvalue weighted by Crippen LogP contribution is 2.38. The minimum absolute atomic E-state index is 0.780. The quantitative estimate of drug-likeness (QED) is 0.565. The van der Waals surface area contributed by atoms with Crippen molar-refractivity contribution < 1.29 is 4.79 Å². The Morgan fingerprint density at radius 2 is 2.00 bits per heavy atom. The molecule has 0 aromatic heterocycles. The highest BCUT2D eigenvalue weighted by atomic mass is 32.2. The average molecular weight is 228 g/mol. The molecule has 0 amide bonds. The number of carbonyl (C=O) groups excluding carboxylic acids is 1. The van der Waals surface area contributed by atoms with Crippen LogP contribution in [0.3, 0.4) is 0 Å². The normalized spacial score (nSPS) is 17.9. The summed E-state index contributed by atoms with van der Waals surface area (Å²) in [4.78, 5) is 12.9. The molecule has 0 saturated carbocycles. The zero-order valence-corrected chi connectivity index (χ0v) is 9.83. The van der Waals surface area contributed by atoms with Gasteiger partial charge in [0.25, 0.3) is 0 Å². The molecule has 2 heteroatoms. The van der Waals surface area contributed by atoms with Crippen LogP contribution in [0.2, 0.25) is 0 Å². The number of aldehydes is 1. The van der Waals surface area contributed by atoms with E-state index in [9.17, 15) is 4.79 Å². The molecule has 0 spiro atoms. The fourth-order valence-corrected chi connectivity index (χ4v) is 2.43. The SMILES string of the molecule is C/C(C=O)=C1\C=CC=C(c2ccccc2)S1. The maximum absolute atomic E-state index is 10.7. The first kappa shape index (κ1) is 11.0. The molecule has 0 N–H and O–H groups in total. The third-order valence-electron chi connectivity index (χ3n) is 2.34. The van der Waals surface area contributed by atoms with Gasteiger partial charge in [0.05, 0.1) is 0 Å². The zero-order chi connectivity index (χ0) is 11.4. The van der Waals surface area contributed by atoms with Crippen LogP contribution in [-0.2, 0) is 4.79 Å². The van der Waals surface area contributed by atoms with Crippen molar-refractivity contribution in [3.63, 3.8) is 0 Å². The molecule has 80 valence electrons. The molecule has 1 aromatic rings. The van der Waals surface area contributed by atoms with Crippen molar-refractivity contribution in [2.45, 2.75) is 6.92 Å². The second kappa shape index (κ2) is 4.99. The minimum atomic E-state index is 0.780. The van der Waals surface area contributed by atoms with Crippen molar-refractivity contribution in [2.75, 3.05) is 0 Å². The third-order valence-corrected chi connectivity index (χ3v) is 3.61. The molecule has 0 aliphatic carbocycles. The summed E-state index contributed by atoms with van der Waals surface area (Å²) in [7, 11) is 0. The lowest BCUT2D eigenvalue weighted by Gasteiger charge is -2.12. The summed E-state index contributed by atoms with van der Waals surface area (Å²) >= 11 is 1.64. The molecule has 1 aliphatic rings. The molecular formula is C14H12OS. The monoisotopic (exact) mass is 228 g/mol. The van der Waals surface area contributed by atoms with Gasteiger partial charge < -0.3 is 0 Å². The highest BCUT2D eigenvalue weighted by Gasteiger charge is 2.09. The minimum Gasteiger partial charge on any atom is -0.298 e. The van der Waals surface area contributed by atoms with E-state index in [1.165, 1.54) is 10.5 Å². The van der Waals surface area contributed by atoms with E-state index in [2.05, 4.69) is 18.2 Å². The number of hydrogen-bond acceptors (Lipinski definition) is 2. The molecule has 1 aliphatic heterocycles. The molecule has 0 radical (unpaired) electrons. The van der Waals surface area contributed by atoms with Crippen LogP contribution >= 0.6 is 11.8 Å². The molecule has 0 saturated heterocycles. The van der Waals surface area contributed by atoms with Crippen molar-refractivity contribution >= 4 is 23.0 Å². The molecule has 0 fully saturated rings. The fourth-order valence-electron chi connectivity index (χ4n) is 1.44. The topological polar surface area (TPSA) is 17.1 Å². The van der Waals surface area contributed by atoms with Gasteiger partial charge in [-0.15, -0.1) is 0 Å². The van der Waals surface area contributed by atoms with E-state index in [4.69, 9.17) is 0 Å². The second-order valence-electron chi connectivity index (χ2n) is 3.52. The highest BCUT2D eigenvalue weighted by molar-refractivity contribution is 8.12. The summed E-state index contributed by atoms with van der Waals surface area (Å²) in [5.74, 6) is 0. The van der Waals surface area contributed by atoms with E-state index < -0.39 is 0 Å². The lowest BCUT2D eigenvalue weighted by molar-refractivity contribution is -0.104. The van der Waals surface area contributed by atoms with Crippen molar-refractivity contribution in [1.29, 1.82) is 0 Å². The Hall–Kier alpha value is -1.54. The number of benzene rings is 1. The van der Waals surface area contributed by atoms with Crippen molar-refractivity contribution in [3.05, 3.63) is 64.6 Å². The summed E-state index contributed by atoms with van der Waals surface area (Å²) in [6, 6.07) is 10.2. The number of rotatable bonds is 2. The van der Waals surface area contributed by atoms with Gasteiger partial charge in [0.1, 0.15) is 6.29 Å². The molecule has 1 heterocycles. The molecule has 16 heavy (non-hydrogen) atoms. The van der Waals surface area contributed by atoms with Gasteiger partial charge in [-0.25, -0.2) is 0 Å². The summed E-state index contributed by atoms with van der Waals surface area (Å²) in [6.45, 7) is 1.84. The molecule has 2 rings (SSSR count). The van der Waals surface area contributed by atoms with E-state index in [-0.39, 0.29) is 0 Å². The van der Waals surface area contributed by atoms with Gasteiger partial charge in [-0.1, -0.05) is 48.2 Å². The van der Waals surface area contributed by atoms with Gasteiger partial charge in [0.15, 0.2) is 0 Å². The first-order chi connectivity index (χ1) is 7.81. The number of thioether (sulfide) groups is 1. The molecule has 0 unspecified atom stereocenters. The number of allylic oxidation sites excluding steroid dienone is 4. The Morgan fingerprint density at radius 1 is 1.25 bits per heavy atom. The van der Waals surface area contributed by atoms with Gasteiger partial charge >= 0.3 is 0 Å². The molecular weight excluding hydrogens is 216 g/mol. The Morgan fingerprint density at radius 3 is 2.69 bits per heavy atom. The maximum atomic E-state index is 10.7. The van der Waals surface area contributed by atoms with Crippen molar-refractivity contribution in [2.24, 2.45) is 0 Å². The lowest BCUT2D eigenvalue weighted by Crippen LogP contribution is -1.88. The van der Waals surface area contributed by atoms with Crippen LogP contribution in [0, 0.1) is 0 Å². The van der Waals surface area contributed by atoms with Gasteiger partial charge in [0.2, 0.25) is 0 Å². The summed E-state index contributed by atoms with van der Waals surface area (Å²) in [5.41, 5.74) is 1.97. The standard InChI is InChI=1S/C14H12OS/c1-11(10-15)13-8-5-9-14(16-13)12-6-3-2-4-7-12/h2-10H,1H3/b13-11-. The molecule has 0 atom stereocenters. The fraction of sp³-hybridized carbons (Fsp3) is 0.0714. The van der Waals surface area contributed by atoms with E-state index in [1.807, 2.05) is 37.3 Å². The van der Waals surface area contributed by atoms with Crippen LogP contribution in [0.25, 0.3) is 4.91 Å². The van der Waals surface area contributed by atoms with Crippen LogP contribution in [0.15, 0.2) is 59.0 Å². The lowest BCUT2D eigenvalue weighted by atomic mass is 10.2. The summed E-state index contributed by atoms with van der Waals surface area (Å²) in [6.07, 6.45) is 6.93. The third kappa shape index (κ3) is 2.34. The average Bonchev–Trinajstić information content (AvgIpc) is 2.39. The van der Waals surface area contributed by atoms with Gasteiger partial charge in [-0.2, -0.15) is 0 Å². The first-order valence-corrected chi connectivity index (χ1v) is 5.90. The summed E-state index contributed by atoms with van der Waals surface area (Å²) in [5, 5.41) is 0. The molecule has 0 bridgehead atoms. The number of hydrogen-bond donors (Lipinski definition) is 0. The van der Waals surface area contributed by atoms with Crippen molar-refractivity contribution in [3.8, 4) is 0 Å². The van der Waals surface area contributed by atoms with Crippen LogP contribution in [0.1, 0.15) is 12.5 Å². The maximum Gasteiger partial charge on any atom is 0.146 e. The largest absolute Gasteiger partial charge is 0.298 e. The second-order valence-corrected chi connectivity index (χ2v) is 4.61. The van der Waals surface area contributed by atoms with Crippen LogP contribution in [0.4, 0.5) is 0 Å². The van der Waals surface area contributed by atoms with Gasteiger partial charge in [0, 0.05) is 15.4 Å². The van der Waals surface area contributed by atoms with E-state index in [0.717, 1.165) is 16.8 Å². The summed E-state index contributed by atoms with van der Waals surface area (Å²) < 4.78 is 0. The van der Waals surface area contributed by atoms with E-state index >= 15 is 0 Å². The Kier molecular flexibility index (Phi) is 3.42.